The molecule has 2 aromatic rings. The highest BCUT2D eigenvalue weighted by Gasteiger charge is 2.05. The lowest BCUT2D eigenvalue weighted by Crippen LogP contribution is -1.96. The molecule has 1 N–H and O–H groups in total. The zero-order chi connectivity index (χ0) is 11.5. The maximum atomic E-state index is 12.5. The molecular weight excluding hydrogens is 201 g/mol. The third kappa shape index (κ3) is 2.16. The third-order valence-electron chi connectivity index (χ3n) is 2.68. The van der Waals surface area contributed by atoms with Crippen molar-refractivity contribution < 1.29 is 4.48 Å². The van der Waals surface area contributed by atoms with E-state index in [-0.39, 0.29) is 0 Å². The molecule has 0 aromatic heterocycles. The molecule has 16 heavy (non-hydrogen) atoms. The van der Waals surface area contributed by atoms with Crippen LogP contribution in [0.15, 0.2) is 36.4 Å². The van der Waals surface area contributed by atoms with Crippen LogP contribution in [0.2, 0.25) is 0 Å². The number of nitrogens with one attached hydrogen (secondary N) is 1. The molecule has 2 rings (SSSR count). The van der Waals surface area contributed by atoms with Gasteiger partial charge in [0.2, 0.25) is 0 Å². The van der Waals surface area contributed by atoms with Gasteiger partial charge < -0.3 is 0 Å². The maximum absolute atomic E-state index is 12.5. The highest BCUT2D eigenvalue weighted by Crippen LogP contribution is 2.26. The third-order valence-corrected chi connectivity index (χ3v) is 2.68. The summed E-state index contributed by atoms with van der Waals surface area (Å²) in [5.74, 6) is 0.568. The van der Waals surface area contributed by atoms with Gasteiger partial charge in [-0.1, -0.05) is 38.1 Å². The fourth-order valence-electron chi connectivity index (χ4n) is 2.05. The molecule has 0 fully saturated rings. The average molecular weight is 217 g/mol. The zero-order valence-electron chi connectivity index (χ0n) is 9.63. The summed E-state index contributed by atoms with van der Waals surface area (Å²) >= 11 is 0. The number of fused-ring (bicyclic) bond motifs is 1. The maximum Gasteiger partial charge on any atom is 0.0664 e. The van der Waals surface area contributed by atoms with Crippen molar-refractivity contribution in [3.05, 3.63) is 42.0 Å². The molecule has 0 atom stereocenters. The van der Waals surface area contributed by atoms with Crippen LogP contribution in [0.5, 0.6) is 0 Å². The molecule has 2 aromatic carbocycles. The quantitative estimate of drug-likeness (QED) is 0.754. The van der Waals surface area contributed by atoms with Crippen molar-refractivity contribution in [3.63, 3.8) is 0 Å². The SMILES string of the molecule is CC(C)Cc1cc(NF)cc2ccccc12. The lowest BCUT2D eigenvalue weighted by molar-refractivity contribution is 0.616. The summed E-state index contributed by atoms with van der Waals surface area (Å²) in [7, 11) is 0. The molecule has 0 unspecified atom stereocenters. The molecule has 1 nitrogen and oxygen atoms in total. The Balaban J connectivity index is 2.59. The number of rotatable bonds is 3. The number of hydrogen-bond acceptors (Lipinski definition) is 1. The Morgan fingerprint density at radius 1 is 1.19 bits per heavy atom. The van der Waals surface area contributed by atoms with Crippen molar-refractivity contribution in [2.45, 2.75) is 20.3 Å². The van der Waals surface area contributed by atoms with Gasteiger partial charge in [-0.2, -0.15) is 0 Å². The summed E-state index contributed by atoms with van der Waals surface area (Å²) in [4.78, 5) is 0. The van der Waals surface area contributed by atoms with Gasteiger partial charge in [0.15, 0.2) is 0 Å². The normalized spacial score (nSPS) is 11.0. The number of anilines is 1. The van der Waals surface area contributed by atoms with Crippen LogP contribution in [-0.2, 0) is 6.42 Å². The second-order valence-corrected chi connectivity index (χ2v) is 4.55. The Morgan fingerprint density at radius 3 is 2.62 bits per heavy atom. The molecule has 0 aliphatic heterocycles. The predicted molar refractivity (Wildman–Crippen MR) is 67.2 cm³/mol. The Bertz CT molecular complexity index is 491. The van der Waals surface area contributed by atoms with Crippen LogP contribution in [0, 0.1) is 5.92 Å². The van der Waals surface area contributed by atoms with Crippen LogP contribution in [0.3, 0.4) is 0 Å². The monoisotopic (exact) mass is 217 g/mol. The summed E-state index contributed by atoms with van der Waals surface area (Å²) in [5, 5.41) is 2.30. The van der Waals surface area contributed by atoms with E-state index in [4.69, 9.17) is 0 Å². The van der Waals surface area contributed by atoms with Crippen LogP contribution in [0.25, 0.3) is 10.8 Å². The molecule has 2 heteroatoms. The van der Waals surface area contributed by atoms with Gasteiger partial charge in [0.05, 0.1) is 5.69 Å². The van der Waals surface area contributed by atoms with E-state index < -0.39 is 0 Å². The molecular formula is C14H16FN. The summed E-state index contributed by atoms with van der Waals surface area (Å²) in [6.07, 6.45) is 0.968. The van der Waals surface area contributed by atoms with Crippen LogP contribution >= 0.6 is 0 Å². The van der Waals surface area contributed by atoms with Crippen molar-refractivity contribution in [1.82, 2.24) is 0 Å². The first-order valence-electron chi connectivity index (χ1n) is 5.59. The van der Waals surface area contributed by atoms with Crippen LogP contribution in [-0.4, -0.2) is 0 Å². The van der Waals surface area contributed by atoms with Crippen molar-refractivity contribution in [2.24, 2.45) is 5.92 Å². The van der Waals surface area contributed by atoms with E-state index in [1.165, 1.54) is 10.9 Å². The Labute approximate surface area is 95.2 Å². The van der Waals surface area contributed by atoms with Gasteiger partial charge in [-0.25, -0.2) is 5.54 Å². The van der Waals surface area contributed by atoms with E-state index in [1.807, 2.05) is 30.3 Å². The first kappa shape index (κ1) is 10.9. The molecule has 0 bridgehead atoms. The molecule has 0 saturated carbocycles. The first-order valence-corrected chi connectivity index (χ1v) is 5.59. The Morgan fingerprint density at radius 2 is 1.94 bits per heavy atom. The number of benzene rings is 2. The van der Waals surface area contributed by atoms with E-state index >= 15 is 0 Å². The minimum Gasteiger partial charge on any atom is -0.225 e. The minimum atomic E-state index is 0.536. The van der Waals surface area contributed by atoms with E-state index in [0.717, 1.165) is 11.8 Å². The molecule has 0 aliphatic carbocycles. The summed E-state index contributed by atoms with van der Waals surface area (Å²) < 4.78 is 12.5. The van der Waals surface area contributed by atoms with E-state index in [2.05, 4.69) is 19.9 Å². The lowest BCUT2D eigenvalue weighted by Gasteiger charge is -2.11. The second kappa shape index (κ2) is 4.52. The van der Waals surface area contributed by atoms with Gasteiger partial charge >= 0.3 is 0 Å². The first-order chi connectivity index (χ1) is 7.70. The van der Waals surface area contributed by atoms with Crippen molar-refractivity contribution in [1.29, 1.82) is 0 Å². The number of halogens is 1. The number of hydrogen-bond donors (Lipinski definition) is 1. The molecule has 0 spiro atoms. The van der Waals surface area contributed by atoms with Gasteiger partial charge in [0.1, 0.15) is 0 Å². The largest absolute Gasteiger partial charge is 0.225 e. The molecule has 0 saturated heterocycles. The minimum absolute atomic E-state index is 0.536. The van der Waals surface area contributed by atoms with E-state index in [0.29, 0.717) is 11.6 Å². The topological polar surface area (TPSA) is 12.0 Å². The fraction of sp³-hybridized carbons (Fsp3) is 0.286. The Kier molecular flexibility index (Phi) is 3.09. The van der Waals surface area contributed by atoms with Gasteiger partial charge in [0, 0.05) is 0 Å². The second-order valence-electron chi connectivity index (χ2n) is 4.55. The zero-order valence-corrected chi connectivity index (χ0v) is 9.63. The standard InChI is InChI=1S/C14H16FN/c1-10(2)7-12-9-13(16-15)8-11-5-3-4-6-14(11)12/h3-6,8-10,16H,7H2,1-2H3. The lowest BCUT2D eigenvalue weighted by atomic mass is 9.96. The van der Waals surface area contributed by atoms with Crippen molar-refractivity contribution in [3.8, 4) is 0 Å². The molecule has 0 radical (unpaired) electrons. The van der Waals surface area contributed by atoms with Gasteiger partial charge in [-0.3, -0.25) is 0 Å². The summed E-state index contributed by atoms with van der Waals surface area (Å²) in [5.41, 5.74) is 3.47. The summed E-state index contributed by atoms with van der Waals surface area (Å²) in [6.45, 7) is 4.34. The van der Waals surface area contributed by atoms with E-state index in [9.17, 15) is 4.48 Å². The van der Waals surface area contributed by atoms with Gasteiger partial charge in [0.25, 0.3) is 0 Å². The van der Waals surface area contributed by atoms with Crippen LogP contribution in [0.1, 0.15) is 19.4 Å². The molecule has 0 heterocycles. The summed E-state index contributed by atoms with van der Waals surface area (Å²) in [6, 6.07) is 11.8. The van der Waals surface area contributed by atoms with Crippen molar-refractivity contribution >= 4 is 16.5 Å². The highest BCUT2D eigenvalue weighted by molar-refractivity contribution is 5.88. The van der Waals surface area contributed by atoms with Gasteiger partial charge in [-0.05, 0) is 40.8 Å². The molecule has 0 amide bonds. The fourth-order valence-corrected chi connectivity index (χ4v) is 2.05. The van der Waals surface area contributed by atoms with Crippen molar-refractivity contribution in [2.75, 3.05) is 5.54 Å². The van der Waals surface area contributed by atoms with E-state index in [1.54, 1.807) is 5.54 Å². The average Bonchev–Trinajstić information content (AvgIpc) is 2.28. The smallest absolute Gasteiger partial charge is 0.0664 e. The predicted octanol–water partition coefficient (Wildman–Crippen LogP) is 4.33. The molecule has 84 valence electrons. The Hall–Kier alpha value is -1.57. The molecule has 0 aliphatic rings. The highest BCUT2D eigenvalue weighted by atomic mass is 19.2. The van der Waals surface area contributed by atoms with Crippen LogP contribution < -0.4 is 5.54 Å². The van der Waals surface area contributed by atoms with Gasteiger partial charge in [-0.15, -0.1) is 4.48 Å². The van der Waals surface area contributed by atoms with Crippen LogP contribution in [0.4, 0.5) is 10.2 Å².